The number of fused-ring (bicyclic) bond motifs is 1. The van der Waals surface area contributed by atoms with Crippen molar-refractivity contribution in [3.8, 4) is 17.3 Å². The average Bonchev–Trinajstić information content (AvgIpc) is 3.20. The minimum atomic E-state index is -0.540. The van der Waals surface area contributed by atoms with Crippen LogP contribution in [-0.4, -0.2) is 26.3 Å². The Morgan fingerprint density at radius 2 is 1.74 bits per heavy atom. The van der Waals surface area contributed by atoms with E-state index in [-0.39, 0.29) is 5.91 Å². The van der Waals surface area contributed by atoms with Crippen molar-refractivity contribution in [1.29, 1.82) is 0 Å². The minimum absolute atomic E-state index is 0.275. The molecule has 2 heterocycles. The molecular formula is C27H21N5O3. The van der Waals surface area contributed by atoms with Crippen molar-refractivity contribution in [2.45, 2.75) is 6.92 Å². The number of aryl methyl sites for hydroxylation is 1. The van der Waals surface area contributed by atoms with Gasteiger partial charge >= 0.3 is 0 Å². The van der Waals surface area contributed by atoms with Crippen molar-refractivity contribution < 1.29 is 14.3 Å². The molecule has 0 saturated carbocycles. The first kappa shape index (κ1) is 21.8. The first-order valence-electron chi connectivity index (χ1n) is 10.9. The van der Waals surface area contributed by atoms with Gasteiger partial charge in [-0.25, -0.2) is 9.97 Å². The molecule has 35 heavy (non-hydrogen) atoms. The second-order valence-corrected chi connectivity index (χ2v) is 7.87. The predicted octanol–water partition coefficient (Wildman–Crippen LogP) is 4.87. The number of pyridine rings is 1. The van der Waals surface area contributed by atoms with Crippen LogP contribution < -0.4 is 15.8 Å². The molecule has 0 aliphatic carbocycles. The molecule has 0 aliphatic heterocycles. The summed E-state index contributed by atoms with van der Waals surface area (Å²) in [5.74, 6) is 0.770. The maximum absolute atomic E-state index is 12.8. The highest BCUT2D eigenvalue weighted by Gasteiger charge is 2.13. The normalized spacial score (nSPS) is 10.8. The summed E-state index contributed by atoms with van der Waals surface area (Å²) in [4.78, 5) is 33.0. The Kier molecular flexibility index (Phi) is 5.68. The van der Waals surface area contributed by atoms with Crippen LogP contribution in [0, 0.1) is 6.92 Å². The van der Waals surface area contributed by atoms with Gasteiger partial charge in [-0.1, -0.05) is 24.3 Å². The molecule has 3 N–H and O–H groups in total. The summed E-state index contributed by atoms with van der Waals surface area (Å²) in [6.07, 6.45) is 1.50. The van der Waals surface area contributed by atoms with Crippen LogP contribution in [0.3, 0.4) is 0 Å². The molecule has 5 rings (SSSR count). The molecule has 2 aromatic heterocycles. The Labute approximate surface area is 201 Å². The van der Waals surface area contributed by atoms with Crippen LogP contribution in [0.5, 0.6) is 11.6 Å². The molecule has 5 aromatic rings. The van der Waals surface area contributed by atoms with Crippen molar-refractivity contribution >= 4 is 28.5 Å². The lowest BCUT2D eigenvalue weighted by Crippen LogP contribution is -2.12. The summed E-state index contributed by atoms with van der Waals surface area (Å²) in [6, 6.07) is 25.2. The van der Waals surface area contributed by atoms with Crippen molar-refractivity contribution in [1.82, 2.24) is 14.5 Å². The summed E-state index contributed by atoms with van der Waals surface area (Å²) in [7, 11) is 0. The predicted molar refractivity (Wildman–Crippen MR) is 133 cm³/mol. The quantitative estimate of drug-likeness (QED) is 0.373. The van der Waals surface area contributed by atoms with Gasteiger partial charge in [0.05, 0.1) is 22.9 Å². The van der Waals surface area contributed by atoms with Crippen LogP contribution in [-0.2, 0) is 0 Å². The van der Waals surface area contributed by atoms with Crippen LogP contribution in [0.15, 0.2) is 91.1 Å². The van der Waals surface area contributed by atoms with Crippen molar-refractivity contribution in [3.63, 3.8) is 0 Å². The number of nitrogens with one attached hydrogen (secondary N) is 1. The van der Waals surface area contributed by atoms with Gasteiger partial charge in [0.25, 0.3) is 5.91 Å². The molecule has 0 spiro atoms. The van der Waals surface area contributed by atoms with Crippen LogP contribution in [0.4, 0.5) is 5.69 Å². The molecule has 0 radical (unpaired) electrons. The zero-order valence-corrected chi connectivity index (χ0v) is 18.8. The minimum Gasteiger partial charge on any atom is -0.439 e. The number of nitrogens with zero attached hydrogens (tertiary/aromatic N) is 3. The number of ether oxygens (including phenoxy) is 1. The maximum atomic E-state index is 12.8. The number of amides is 2. The first-order chi connectivity index (χ1) is 17.0. The second-order valence-electron chi connectivity index (χ2n) is 7.87. The van der Waals surface area contributed by atoms with Gasteiger partial charge in [0.1, 0.15) is 11.6 Å². The molecule has 172 valence electrons. The van der Waals surface area contributed by atoms with E-state index in [4.69, 9.17) is 10.5 Å². The summed E-state index contributed by atoms with van der Waals surface area (Å²) in [5.41, 5.74) is 9.31. The van der Waals surface area contributed by atoms with Crippen LogP contribution in [0.25, 0.3) is 16.7 Å². The zero-order chi connectivity index (χ0) is 24.4. The molecule has 0 fully saturated rings. The fourth-order valence-electron chi connectivity index (χ4n) is 3.80. The van der Waals surface area contributed by atoms with E-state index in [1.807, 2.05) is 43.3 Å². The molecule has 8 nitrogen and oxygen atoms in total. The number of benzene rings is 3. The van der Waals surface area contributed by atoms with Crippen molar-refractivity contribution in [3.05, 3.63) is 108 Å². The monoisotopic (exact) mass is 463 g/mol. The van der Waals surface area contributed by atoms with E-state index < -0.39 is 5.91 Å². The van der Waals surface area contributed by atoms with E-state index in [0.717, 1.165) is 22.5 Å². The third-order valence-corrected chi connectivity index (χ3v) is 5.43. The van der Waals surface area contributed by atoms with E-state index in [9.17, 15) is 9.59 Å². The Morgan fingerprint density at radius 1 is 0.914 bits per heavy atom. The molecule has 0 aliphatic rings. The van der Waals surface area contributed by atoms with E-state index in [1.165, 1.54) is 12.3 Å². The molecule has 0 unspecified atom stereocenters. The Morgan fingerprint density at radius 3 is 2.49 bits per heavy atom. The fraction of sp³-hybridized carbons (Fsp3) is 0.0370. The standard InChI is InChI=1S/C27H21N5O3/c1-17-30-23-15-19(10-12-24(23)32(17)21-7-3-2-4-8-21)27(34)31-20-11-13-25(29-16-20)35-22-9-5-6-18(14-22)26(28)33/h2-16H,1H3,(H2,28,33)(H,31,34). The number of carbonyl (C=O) groups is 2. The van der Waals surface area contributed by atoms with E-state index in [0.29, 0.717) is 28.4 Å². The van der Waals surface area contributed by atoms with Gasteiger partial charge in [0, 0.05) is 22.9 Å². The number of para-hydroxylation sites is 1. The van der Waals surface area contributed by atoms with E-state index >= 15 is 0 Å². The largest absolute Gasteiger partial charge is 0.439 e. The first-order valence-corrected chi connectivity index (χ1v) is 10.9. The second kappa shape index (κ2) is 9.11. The molecular weight excluding hydrogens is 442 g/mol. The zero-order valence-electron chi connectivity index (χ0n) is 18.8. The lowest BCUT2D eigenvalue weighted by atomic mass is 10.2. The number of imidazole rings is 1. The van der Waals surface area contributed by atoms with Gasteiger partial charge in [0.15, 0.2) is 0 Å². The number of carbonyl (C=O) groups excluding carboxylic acids is 2. The lowest BCUT2D eigenvalue weighted by molar-refractivity contribution is 0.0997. The van der Waals surface area contributed by atoms with E-state index in [1.54, 1.807) is 42.5 Å². The molecule has 3 aromatic carbocycles. The third kappa shape index (κ3) is 4.58. The number of hydrogen-bond donors (Lipinski definition) is 2. The fourth-order valence-corrected chi connectivity index (χ4v) is 3.80. The Bertz CT molecular complexity index is 1540. The summed E-state index contributed by atoms with van der Waals surface area (Å²) in [6.45, 7) is 1.94. The van der Waals surface area contributed by atoms with Crippen LogP contribution in [0.1, 0.15) is 26.5 Å². The van der Waals surface area contributed by atoms with Crippen molar-refractivity contribution in [2.24, 2.45) is 5.73 Å². The van der Waals surface area contributed by atoms with Gasteiger partial charge in [-0.3, -0.25) is 14.2 Å². The summed E-state index contributed by atoms with van der Waals surface area (Å²) < 4.78 is 7.72. The number of anilines is 1. The number of aromatic nitrogens is 3. The highest BCUT2D eigenvalue weighted by Crippen LogP contribution is 2.24. The molecule has 2 amide bonds. The van der Waals surface area contributed by atoms with Crippen LogP contribution in [0.2, 0.25) is 0 Å². The van der Waals surface area contributed by atoms with Gasteiger partial charge in [0.2, 0.25) is 11.8 Å². The van der Waals surface area contributed by atoms with Crippen LogP contribution >= 0.6 is 0 Å². The third-order valence-electron chi connectivity index (χ3n) is 5.43. The smallest absolute Gasteiger partial charge is 0.255 e. The molecule has 8 heteroatoms. The van der Waals surface area contributed by atoms with Gasteiger partial charge in [-0.15, -0.1) is 0 Å². The molecule has 0 atom stereocenters. The Hall–Kier alpha value is -4.98. The number of nitrogens with two attached hydrogens (primary N) is 1. The Balaban J connectivity index is 1.31. The van der Waals surface area contributed by atoms with Gasteiger partial charge < -0.3 is 15.8 Å². The molecule has 0 bridgehead atoms. The highest BCUT2D eigenvalue weighted by molar-refractivity contribution is 6.06. The van der Waals surface area contributed by atoms with Gasteiger partial charge in [-0.05, 0) is 61.5 Å². The van der Waals surface area contributed by atoms with Crippen molar-refractivity contribution in [2.75, 3.05) is 5.32 Å². The maximum Gasteiger partial charge on any atom is 0.255 e. The SMILES string of the molecule is Cc1nc2cc(C(=O)Nc3ccc(Oc4cccc(C(N)=O)c4)nc3)ccc2n1-c1ccccc1. The topological polar surface area (TPSA) is 112 Å². The number of hydrogen-bond acceptors (Lipinski definition) is 5. The van der Waals surface area contributed by atoms with Gasteiger partial charge in [-0.2, -0.15) is 0 Å². The number of primary amides is 1. The average molecular weight is 463 g/mol. The number of rotatable bonds is 6. The molecule has 0 saturated heterocycles. The lowest BCUT2D eigenvalue weighted by Gasteiger charge is -2.09. The highest BCUT2D eigenvalue weighted by atomic mass is 16.5. The summed E-state index contributed by atoms with van der Waals surface area (Å²) >= 11 is 0. The summed E-state index contributed by atoms with van der Waals surface area (Å²) in [5, 5.41) is 2.84. The van der Waals surface area contributed by atoms with E-state index in [2.05, 4.69) is 19.9 Å².